The van der Waals surface area contributed by atoms with Crippen LogP contribution in [0.1, 0.15) is 48.2 Å². The molecule has 4 nitrogen and oxygen atoms in total. The molecule has 0 unspecified atom stereocenters. The summed E-state index contributed by atoms with van der Waals surface area (Å²) in [5.41, 5.74) is 8.24. The molecule has 3 aromatic carbocycles. The second-order valence-corrected chi connectivity index (χ2v) is 8.73. The highest BCUT2D eigenvalue weighted by atomic mass is 16.2. The van der Waals surface area contributed by atoms with Crippen molar-refractivity contribution in [2.75, 3.05) is 38.1 Å². The van der Waals surface area contributed by atoms with E-state index in [1.165, 1.54) is 22.3 Å². The van der Waals surface area contributed by atoms with E-state index in [0.29, 0.717) is 0 Å². The van der Waals surface area contributed by atoms with Crippen LogP contribution in [-0.2, 0) is 0 Å². The van der Waals surface area contributed by atoms with Crippen LogP contribution in [0.2, 0.25) is 0 Å². The number of para-hydroxylation sites is 1. The summed E-state index contributed by atoms with van der Waals surface area (Å²) in [6, 6.07) is 27.4. The van der Waals surface area contributed by atoms with E-state index in [9.17, 15) is 4.79 Å². The smallest absolute Gasteiger partial charge is 0.253 e. The molecule has 0 atom stereocenters. The van der Waals surface area contributed by atoms with Crippen molar-refractivity contribution in [2.45, 2.75) is 26.7 Å². The average Bonchev–Trinajstić information content (AvgIpc) is 2.91. The van der Waals surface area contributed by atoms with Crippen molar-refractivity contribution in [2.24, 2.45) is 0 Å². The Bertz CT molecular complexity index is 1120. The van der Waals surface area contributed by atoms with Gasteiger partial charge in [0.25, 0.3) is 5.91 Å². The number of nitrogens with zero attached hydrogens (tertiary/aromatic N) is 2. The number of carbonyl (C=O) groups excluding carboxylic acids is 1. The van der Waals surface area contributed by atoms with Crippen molar-refractivity contribution in [1.29, 1.82) is 0 Å². The summed E-state index contributed by atoms with van der Waals surface area (Å²) in [6.45, 7) is 7.49. The predicted molar refractivity (Wildman–Crippen MR) is 143 cm³/mol. The summed E-state index contributed by atoms with van der Waals surface area (Å²) >= 11 is 0. The lowest BCUT2D eigenvalue weighted by Gasteiger charge is -2.24. The first kappa shape index (κ1) is 23.8. The molecular weight excluding hydrogens is 418 g/mol. The summed E-state index contributed by atoms with van der Waals surface area (Å²) in [7, 11) is 2.11. The monoisotopic (exact) mass is 453 g/mol. The fourth-order valence-electron chi connectivity index (χ4n) is 4.70. The van der Waals surface area contributed by atoms with Gasteiger partial charge in [-0.05, 0) is 92.9 Å². The zero-order chi connectivity index (χ0) is 23.9. The Morgan fingerprint density at radius 2 is 1.38 bits per heavy atom. The van der Waals surface area contributed by atoms with Gasteiger partial charge in [-0.1, -0.05) is 48.0 Å². The number of rotatable bonds is 7. The highest BCUT2D eigenvalue weighted by Gasteiger charge is 2.18. The molecule has 0 aliphatic carbocycles. The van der Waals surface area contributed by atoms with E-state index in [4.69, 9.17) is 0 Å². The molecule has 1 aliphatic rings. The van der Waals surface area contributed by atoms with Crippen molar-refractivity contribution in [3.63, 3.8) is 0 Å². The van der Waals surface area contributed by atoms with Crippen LogP contribution in [0.4, 0.5) is 11.4 Å². The molecule has 0 radical (unpaired) electrons. The largest absolute Gasteiger partial charge is 0.345 e. The number of carbonyl (C=O) groups is 1. The third kappa shape index (κ3) is 5.23. The lowest BCUT2D eigenvalue weighted by Crippen LogP contribution is -2.30. The van der Waals surface area contributed by atoms with Gasteiger partial charge in [-0.15, -0.1) is 0 Å². The number of piperidine rings is 1. The minimum Gasteiger partial charge on any atom is -0.345 e. The van der Waals surface area contributed by atoms with Gasteiger partial charge in [-0.3, -0.25) is 4.79 Å². The molecule has 4 heteroatoms. The van der Waals surface area contributed by atoms with E-state index < -0.39 is 0 Å². The van der Waals surface area contributed by atoms with Crippen molar-refractivity contribution in [3.05, 3.63) is 101 Å². The van der Waals surface area contributed by atoms with Gasteiger partial charge < -0.3 is 15.1 Å². The molecule has 0 aromatic heterocycles. The van der Waals surface area contributed by atoms with Crippen molar-refractivity contribution in [3.8, 4) is 0 Å². The zero-order valence-electron chi connectivity index (χ0n) is 20.6. The molecule has 1 aliphatic heterocycles. The summed E-state index contributed by atoms with van der Waals surface area (Å²) < 4.78 is 0. The van der Waals surface area contributed by atoms with Crippen LogP contribution in [0.5, 0.6) is 0 Å². The fraction of sp³-hybridized carbons (Fsp3) is 0.300. The molecule has 1 N–H and O–H groups in total. The molecule has 1 heterocycles. The van der Waals surface area contributed by atoms with Gasteiger partial charge in [-0.2, -0.15) is 0 Å². The molecule has 4 rings (SSSR count). The standard InChI is InChI=1S/C30H35N3O/c1-4-33(5-2)30(34)25-16-14-23(15-17-25)29(24-18-20-31-21-19-24)26-10-9-13-28(22-26)32(3)27-11-7-6-8-12-27/h6-17,22,31H,4-5,18-21H2,1-3H3. The topological polar surface area (TPSA) is 35.6 Å². The normalized spacial score (nSPS) is 13.4. The van der Waals surface area contributed by atoms with Crippen molar-refractivity contribution >= 4 is 22.9 Å². The van der Waals surface area contributed by atoms with Crippen LogP contribution < -0.4 is 10.2 Å². The Kier molecular flexibility index (Phi) is 7.81. The lowest BCUT2D eigenvalue weighted by atomic mass is 9.88. The molecule has 0 bridgehead atoms. The van der Waals surface area contributed by atoms with Crippen LogP contribution >= 0.6 is 0 Å². The van der Waals surface area contributed by atoms with E-state index in [0.717, 1.165) is 56.0 Å². The second-order valence-electron chi connectivity index (χ2n) is 8.73. The quantitative estimate of drug-likeness (QED) is 0.468. The Hall–Kier alpha value is -3.37. The van der Waals surface area contributed by atoms with Gasteiger partial charge in [0.2, 0.25) is 0 Å². The number of hydrogen-bond acceptors (Lipinski definition) is 3. The number of benzene rings is 3. The van der Waals surface area contributed by atoms with E-state index >= 15 is 0 Å². The van der Waals surface area contributed by atoms with Gasteiger partial charge in [0.1, 0.15) is 0 Å². The molecular formula is C30H35N3O. The van der Waals surface area contributed by atoms with Gasteiger partial charge in [0, 0.05) is 37.1 Å². The first-order valence-corrected chi connectivity index (χ1v) is 12.3. The van der Waals surface area contributed by atoms with Crippen LogP contribution in [0.25, 0.3) is 5.57 Å². The van der Waals surface area contributed by atoms with Crippen molar-refractivity contribution < 1.29 is 4.79 Å². The van der Waals surface area contributed by atoms with Gasteiger partial charge in [0.15, 0.2) is 0 Å². The van der Waals surface area contributed by atoms with Crippen molar-refractivity contribution in [1.82, 2.24) is 10.2 Å². The Morgan fingerprint density at radius 1 is 0.765 bits per heavy atom. The van der Waals surface area contributed by atoms with E-state index in [-0.39, 0.29) is 5.91 Å². The number of anilines is 2. The summed E-state index contributed by atoms with van der Waals surface area (Å²) in [5.74, 6) is 0.0964. The SMILES string of the molecule is CCN(CC)C(=O)c1ccc(C(=C2CCNCC2)c2cccc(N(C)c3ccccc3)c2)cc1. The third-order valence-electron chi connectivity index (χ3n) is 6.70. The lowest BCUT2D eigenvalue weighted by molar-refractivity contribution is 0.0773. The number of amides is 1. The summed E-state index contributed by atoms with van der Waals surface area (Å²) in [4.78, 5) is 16.9. The summed E-state index contributed by atoms with van der Waals surface area (Å²) in [6.07, 6.45) is 2.07. The Balaban J connectivity index is 1.72. The van der Waals surface area contributed by atoms with Crippen LogP contribution in [0, 0.1) is 0 Å². The zero-order valence-corrected chi connectivity index (χ0v) is 20.6. The van der Waals surface area contributed by atoms with Crippen LogP contribution in [0.15, 0.2) is 84.4 Å². The van der Waals surface area contributed by atoms with Gasteiger partial charge in [0.05, 0.1) is 0 Å². The number of nitrogens with one attached hydrogen (secondary N) is 1. The minimum atomic E-state index is 0.0964. The van der Waals surface area contributed by atoms with E-state index in [1.807, 2.05) is 36.9 Å². The van der Waals surface area contributed by atoms with Crippen LogP contribution in [-0.4, -0.2) is 44.0 Å². The van der Waals surface area contributed by atoms with Gasteiger partial charge in [-0.25, -0.2) is 0 Å². The van der Waals surface area contributed by atoms with Crippen LogP contribution in [0.3, 0.4) is 0 Å². The minimum absolute atomic E-state index is 0.0964. The molecule has 34 heavy (non-hydrogen) atoms. The van der Waals surface area contributed by atoms with Gasteiger partial charge >= 0.3 is 0 Å². The Labute approximate surface area is 203 Å². The maximum atomic E-state index is 12.8. The predicted octanol–water partition coefficient (Wildman–Crippen LogP) is 6.12. The highest BCUT2D eigenvalue weighted by Crippen LogP contribution is 2.34. The van der Waals surface area contributed by atoms with E-state index in [2.05, 4.69) is 77.9 Å². The molecule has 1 amide bonds. The molecule has 1 saturated heterocycles. The fourth-order valence-corrected chi connectivity index (χ4v) is 4.70. The first-order valence-electron chi connectivity index (χ1n) is 12.3. The summed E-state index contributed by atoms with van der Waals surface area (Å²) in [5, 5.41) is 3.48. The highest BCUT2D eigenvalue weighted by molar-refractivity contribution is 5.95. The second kappa shape index (κ2) is 11.2. The molecule has 176 valence electrons. The molecule has 3 aromatic rings. The first-order chi connectivity index (χ1) is 16.6. The molecule has 1 fully saturated rings. The maximum Gasteiger partial charge on any atom is 0.253 e. The number of hydrogen-bond donors (Lipinski definition) is 1. The van der Waals surface area contributed by atoms with E-state index in [1.54, 1.807) is 0 Å². The molecule has 0 saturated carbocycles. The third-order valence-corrected chi connectivity index (χ3v) is 6.70. The maximum absolute atomic E-state index is 12.8. The Morgan fingerprint density at radius 3 is 2.03 bits per heavy atom. The average molecular weight is 454 g/mol. The molecule has 0 spiro atoms.